The molecular formula is C18H19FN6O2S2. The molecule has 3 aromatic rings. The highest BCUT2D eigenvalue weighted by molar-refractivity contribution is 7.99. The Morgan fingerprint density at radius 3 is 2.55 bits per heavy atom. The van der Waals surface area contributed by atoms with Crippen molar-refractivity contribution in [2.24, 2.45) is 0 Å². The summed E-state index contributed by atoms with van der Waals surface area (Å²) in [5, 5.41) is 4.13. The molecule has 1 aliphatic heterocycles. The molecule has 0 amide bonds. The fourth-order valence-corrected chi connectivity index (χ4v) is 4.92. The van der Waals surface area contributed by atoms with Crippen LogP contribution < -0.4 is 9.62 Å². The summed E-state index contributed by atoms with van der Waals surface area (Å²) in [6.45, 7) is 3.43. The van der Waals surface area contributed by atoms with E-state index in [4.69, 9.17) is 0 Å². The molecule has 11 heteroatoms. The molecule has 3 heterocycles. The summed E-state index contributed by atoms with van der Waals surface area (Å²) in [6.07, 6.45) is 6.34. The van der Waals surface area contributed by atoms with E-state index in [1.165, 1.54) is 36.1 Å². The highest BCUT2D eigenvalue weighted by atomic mass is 32.2. The van der Waals surface area contributed by atoms with Gasteiger partial charge in [-0.3, -0.25) is 4.72 Å². The molecule has 4 rings (SSSR count). The predicted molar refractivity (Wildman–Crippen MR) is 111 cm³/mol. The summed E-state index contributed by atoms with van der Waals surface area (Å²) in [5.74, 6) is 2.04. The molecular weight excluding hydrogens is 415 g/mol. The maximum atomic E-state index is 13.4. The molecule has 152 valence electrons. The molecule has 0 spiro atoms. The van der Waals surface area contributed by atoms with Crippen molar-refractivity contribution >= 4 is 33.2 Å². The van der Waals surface area contributed by atoms with Gasteiger partial charge in [-0.1, -0.05) is 0 Å². The molecule has 29 heavy (non-hydrogen) atoms. The molecule has 0 atom stereocenters. The Labute approximate surface area is 172 Å². The van der Waals surface area contributed by atoms with Gasteiger partial charge in [0.2, 0.25) is 0 Å². The van der Waals surface area contributed by atoms with Gasteiger partial charge in [-0.2, -0.15) is 16.9 Å². The van der Waals surface area contributed by atoms with Crippen LogP contribution in [0.15, 0.2) is 47.9 Å². The molecule has 1 aromatic carbocycles. The van der Waals surface area contributed by atoms with Gasteiger partial charge in [-0.05, 0) is 30.7 Å². The number of anilines is 2. The topological polar surface area (TPSA) is 93.0 Å². The van der Waals surface area contributed by atoms with Crippen LogP contribution in [0.3, 0.4) is 0 Å². The fourth-order valence-electron chi connectivity index (χ4n) is 2.90. The SMILES string of the molecule is Cc1cc(S(=O)(=O)Nc2cnn(-c3ncc(N4CCSCC4)cn3)c2)ccc1F. The van der Waals surface area contributed by atoms with Crippen LogP contribution in [0.2, 0.25) is 0 Å². The van der Waals surface area contributed by atoms with Gasteiger partial charge in [0.1, 0.15) is 5.82 Å². The van der Waals surface area contributed by atoms with Gasteiger partial charge < -0.3 is 4.90 Å². The summed E-state index contributed by atoms with van der Waals surface area (Å²) < 4.78 is 42.3. The van der Waals surface area contributed by atoms with Gasteiger partial charge in [0, 0.05) is 24.6 Å². The van der Waals surface area contributed by atoms with E-state index >= 15 is 0 Å². The van der Waals surface area contributed by atoms with E-state index in [0.29, 0.717) is 5.95 Å². The quantitative estimate of drug-likeness (QED) is 0.659. The minimum absolute atomic E-state index is 0.0237. The monoisotopic (exact) mass is 434 g/mol. The van der Waals surface area contributed by atoms with Crippen LogP contribution in [0.5, 0.6) is 0 Å². The standard InChI is InChI=1S/C18H19FN6O2S2/c1-13-8-16(2-3-17(13)19)29(26,27)23-14-9-22-25(12-14)18-20-10-15(11-21-18)24-4-6-28-7-5-24/h2-3,8-12,23H,4-7H2,1H3. The largest absolute Gasteiger partial charge is 0.367 e. The molecule has 0 saturated carbocycles. The van der Waals surface area contributed by atoms with Crippen molar-refractivity contribution in [1.29, 1.82) is 0 Å². The lowest BCUT2D eigenvalue weighted by molar-refractivity contribution is 0.598. The van der Waals surface area contributed by atoms with E-state index in [-0.39, 0.29) is 16.1 Å². The molecule has 0 radical (unpaired) electrons. The van der Waals surface area contributed by atoms with Crippen LogP contribution in [-0.2, 0) is 10.0 Å². The Morgan fingerprint density at radius 1 is 1.14 bits per heavy atom. The number of sulfonamides is 1. The van der Waals surface area contributed by atoms with E-state index in [2.05, 4.69) is 24.7 Å². The maximum absolute atomic E-state index is 13.4. The summed E-state index contributed by atoms with van der Waals surface area (Å²) in [6, 6.07) is 3.63. The zero-order valence-corrected chi connectivity index (χ0v) is 17.2. The van der Waals surface area contributed by atoms with Crippen LogP contribution >= 0.6 is 11.8 Å². The van der Waals surface area contributed by atoms with Gasteiger partial charge in [-0.15, -0.1) is 0 Å². The van der Waals surface area contributed by atoms with Crippen LogP contribution in [-0.4, -0.2) is 52.8 Å². The number of aryl methyl sites for hydroxylation is 1. The molecule has 0 bridgehead atoms. The average Bonchev–Trinajstić information content (AvgIpc) is 3.18. The van der Waals surface area contributed by atoms with Crippen LogP contribution in [0.1, 0.15) is 5.56 Å². The lowest BCUT2D eigenvalue weighted by Crippen LogP contribution is -2.32. The number of aromatic nitrogens is 4. The van der Waals surface area contributed by atoms with E-state index in [9.17, 15) is 12.8 Å². The number of benzene rings is 1. The minimum atomic E-state index is -3.86. The maximum Gasteiger partial charge on any atom is 0.262 e. The molecule has 1 saturated heterocycles. The normalized spacial score (nSPS) is 14.8. The molecule has 2 aromatic heterocycles. The molecule has 1 fully saturated rings. The van der Waals surface area contributed by atoms with E-state index < -0.39 is 15.8 Å². The number of hydrogen-bond acceptors (Lipinski definition) is 7. The Balaban J connectivity index is 1.50. The van der Waals surface area contributed by atoms with Crippen molar-refractivity contribution in [3.05, 3.63) is 54.4 Å². The first-order valence-electron chi connectivity index (χ1n) is 8.91. The minimum Gasteiger partial charge on any atom is -0.367 e. The van der Waals surface area contributed by atoms with Crippen molar-refractivity contribution in [2.45, 2.75) is 11.8 Å². The first-order chi connectivity index (χ1) is 13.9. The summed E-state index contributed by atoms with van der Waals surface area (Å²) in [5.41, 5.74) is 1.46. The summed E-state index contributed by atoms with van der Waals surface area (Å²) in [4.78, 5) is 10.9. The van der Waals surface area contributed by atoms with Gasteiger partial charge in [0.15, 0.2) is 0 Å². The second kappa shape index (κ2) is 7.99. The van der Waals surface area contributed by atoms with Crippen LogP contribution in [0.4, 0.5) is 15.8 Å². The zero-order chi connectivity index (χ0) is 20.4. The van der Waals surface area contributed by atoms with Crippen molar-refractivity contribution in [3.8, 4) is 5.95 Å². The average molecular weight is 435 g/mol. The smallest absolute Gasteiger partial charge is 0.262 e. The van der Waals surface area contributed by atoms with Crippen molar-refractivity contribution < 1.29 is 12.8 Å². The van der Waals surface area contributed by atoms with E-state index in [1.807, 2.05) is 11.8 Å². The molecule has 1 N–H and O–H groups in total. The van der Waals surface area contributed by atoms with E-state index in [0.717, 1.165) is 36.3 Å². The Hall–Kier alpha value is -2.66. The summed E-state index contributed by atoms with van der Waals surface area (Å²) in [7, 11) is -3.86. The summed E-state index contributed by atoms with van der Waals surface area (Å²) >= 11 is 1.93. The first kappa shape index (κ1) is 19.6. The predicted octanol–water partition coefficient (Wildman–Crippen LogP) is 2.46. The molecule has 0 aliphatic carbocycles. The third-order valence-corrected chi connectivity index (χ3v) is 6.80. The Kier molecular flexibility index (Phi) is 5.41. The lowest BCUT2D eigenvalue weighted by atomic mass is 10.2. The van der Waals surface area contributed by atoms with Crippen molar-refractivity contribution in [3.63, 3.8) is 0 Å². The number of hydrogen-bond donors (Lipinski definition) is 1. The van der Waals surface area contributed by atoms with Crippen LogP contribution in [0, 0.1) is 12.7 Å². The van der Waals surface area contributed by atoms with E-state index in [1.54, 1.807) is 12.4 Å². The lowest BCUT2D eigenvalue weighted by Gasteiger charge is -2.27. The Bertz CT molecular complexity index is 1110. The van der Waals surface area contributed by atoms with Gasteiger partial charge >= 0.3 is 0 Å². The number of nitrogens with one attached hydrogen (secondary N) is 1. The second-order valence-corrected chi connectivity index (χ2v) is 9.44. The Morgan fingerprint density at radius 2 is 1.86 bits per heavy atom. The van der Waals surface area contributed by atoms with Gasteiger partial charge in [0.25, 0.3) is 16.0 Å². The first-order valence-corrected chi connectivity index (χ1v) is 11.5. The van der Waals surface area contributed by atoms with Gasteiger partial charge in [-0.25, -0.2) is 27.5 Å². The highest BCUT2D eigenvalue weighted by Crippen LogP contribution is 2.20. The third kappa shape index (κ3) is 4.35. The van der Waals surface area contributed by atoms with Crippen molar-refractivity contribution in [2.75, 3.05) is 34.2 Å². The highest BCUT2D eigenvalue weighted by Gasteiger charge is 2.17. The molecule has 1 aliphatic rings. The number of thioether (sulfide) groups is 1. The molecule has 8 nitrogen and oxygen atoms in total. The second-order valence-electron chi connectivity index (χ2n) is 6.53. The number of halogens is 1. The van der Waals surface area contributed by atoms with Gasteiger partial charge in [0.05, 0.1) is 41.1 Å². The zero-order valence-electron chi connectivity index (χ0n) is 15.6. The third-order valence-electron chi connectivity index (χ3n) is 4.48. The molecule has 0 unspecified atom stereocenters. The fraction of sp³-hybridized carbons (Fsp3) is 0.278. The van der Waals surface area contributed by atoms with Crippen LogP contribution in [0.25, 0.3) is 5.95 Å². The number of nitrogens with zero attached hydrogens (tertiary/aromatic N) is 5. The number of rotatable bonds is 5. The van der Waals surface area contributed by atoms with Crippen molar-refractivity contribution in [1.82, 2.24) is 19.7 Å².